The van der Waals surface area contributed by atoms with Gasteiger partial charge in [-0.2, -0.15) is 0 Å². The number of allylic oxidation sites excluding steroid dienone is 20. The first-order chi connectivity index (χ1) is 32.0. The van der Waals surface area contributed by atoms with Crippen molar-refractivity contribution >= 4 is 19.8 Å². The molecule has 66 heavy (non-hydrogen) atoms. The zero-order chi connectivity index (χ0) is 48.5. The highest BCUT2D eigenvalue weighted by atomic mass is 31.2. The number of phosphoric ester groups is 1. The summed E-state index contributed by atoms with van der Waals surface area (Å²) in [5.41, 5.74) is 0. The maximum atomic E-state index is 12.8. The molecule has 0 bridgehead atoms. The van der Waals surface area contributed by atoms with Gasteiger partial charge in [-0.15, -0.1) is 0 Å². The molecule has 0 aliphatic rings. The molecule has 0 spiro atoms. The minimum Gasteiger partial charge on any atom is -0.462 e. The van der Waals surface area contributed by atoms with E-state index in [4.69, 9.17) is 18.5 Å². The third-order valence-electron chi connectivity index (χ3n) is 9.99. The van der Waals surface area contributed by atoms with E-state index in [-0.39, 0.29) is 26.1 Å². The van der Waals surface area contributed by atoms with Crippen molar-refractivity contribution in [3.8, 4) is 0 Å². The molecule has 0 aromatic carbocycles. The van der Waals surface area contributed by atoms with Crippen molar-refractivity contribution in [3.05, 3.63) is 122 Å². The number of rotatable bonds is 44. The minimum atomic E-state index is -4.40. The van der Waals surface area contributed by atoms with Gasteiger partial charge in [0, 0.05) is 12.8 Å². The van der Waals surface area contributed by atoms with Gasteiger partial charge >= 0.3 is 19.8 Å². The van der Waals surface area contributed by atoms with Crippen LogP contribution in [0.25, 0.3) is 0 Å². The molecule has 0 aromatic heterocycles. The molecular formula is C56H93NO8P+. The van der Waals surface area contributed by atoms with Crippen molar-refractivity contribution in [3.63, 3.8) is 0 Å². The second kappa shape index (κ2) is 46.5. The third-order valence-corrected chi connectivity index (χ3v) is 11.0. The molecule has 0 saturated heterocycles. The van der Waals surface area contributed by atoms with Crippen LogP contribution in [0, 0.1) is 0 Å². The van der Waals surface area contributed by atoms with Gasteiger partial charge in [-0.3, -0.25) is 18.6 Å². The fourth-order valence-electron chi connectivity index (χ4n) is 6.12. The second-order valence-electron chi connectivity index (χ2n) is 17.4. The Kier molecular flexibility index (Phi) is 44.0. The summed E-state index contributed by atoms with van der Waals surface area (Å²) in [6.07, 6.45) is 65.3. The molecule has 374 valence electrons. The van der Waals surface area contributed by atoms with E-state index in [9.17, 15) is 19.0 Å². The SMILES string of the molecule is CC/C=C\C/C=C\C/C=C\C/C=C\C/C=C\CCCCCCCC(=O)OCC(COP(=O)(O)OCC[N+](C)(C)C)OC(=O)CCCCCCC/C=C\C/C=C\C/C=C\C/C=C\C/C=C\CC. The Bertz CT molecular complexity index is 1530. The molecule has 0 aliphatic carbocycles. The van der Waals surface area contributed by atoms with Gasteiger partial charge in [0.05, 0.1) is 27.7 Å². The molecule has 2 unspecified atom stereocenters. The summed E-state index contributed by atoms with van der Waals surface area (Å²) in [5, 5.41) is 0. The van der Waals surface area contributed by atoms with Gasteiger partial charge in [-0.05, 0) is 103 Å². The molecule has 0 heterocycles. The monoisotopic (exact) mass is 939 g/mol. The number of phosphoric acid groups is 1. The van der Waals surface area contributed by atoms with E-state index in [0.29, 0.717) is 23.9 Å². The number of quaternary nitrogens is 1. The third kappa shape index (κ3) is 49.8. The van der Waals surface area contributed by atoms with Crippen molar-refractivity contribution in [1.29, 1.82) is 0 Å². The molecule has 0 aliphatic heterocycles. The van der Waals surface area contributed by atoms with Crippen LogP contribution < -0.4 is 0 Å². The van der Waals surface area contributed by atoms with Crippen LogP contribution in [0.15, 0.2) is 122 Å². The van der Waals surface area contributed by atoms with Crippen LogP contribution in [-0.2, 0) is 32.7 Å². The van der Waals surface area contributed by atoms with Crippen molar-refractivity contribution in [2.24, 2.45) is 0 Å². The lowest BCUT2D eigenvalue weighted by Crippen LogP contribution is -2.37. The van der Waals surface area contributed by atoms with Crippen LogP contribution in [0.2, 0.25) is 0 Å². The summed E-state index contributed by atoms with van der Waals surface area (Å²) in [5.74, 6) is -0.854. The Morgan fingerprint density at radius 2 is 0.818 bits per heavy atom. The number of unbranched alkanes of at least 4 members (excludes halogenated alkanes) is 10. The van der Waals surface area contributed by atoms with Crippen molar-refractivity contribution < 1.29 is 42.1 Å². The number of ether oxygens (including phenoxy) is 2. The zero-order valence-electron chi connectivity index (χ0n) is 42.1. The Morgan fingerprint density at radius 3 is 1.21 bits per heavy atom. The highest BCUT2D eigenvalue weighted by Gasteiger charge is 2.27. The number of carbonyl (C=O) groups is 2. The number of likely N-dealkylation sites (N-methyl/N-ethyl adjacent to an activating group) is 1. The topological polar surface area (TPSA) is 108 Å². The second-order valence-corrected chi connectivity index (χ2v) is 18.9. The largest absolute Gasteiger partial charge is 0.472 e. The fourth-order valence-corrected chi connectivity index (χ4v) is 6.87. The van der Waals surface area contributed by atoms with E-state index in [1.165, 1.54) is 0 Å². The molecule has 10 heteroatoms. The predicted octanol–water partition coefficient (Wildman–Crippen LogP) is 15.2. The van der Waals surface area contributed by atoms with E-state index in [2.05, 4.69) is 135 Å². The van der Waals surface area contributed by atoms with Crippen molar-refractivity contribution in [2.45, 2.75) is 174 Å². The summed E-state index contributed by atoms with van der Waals surface area (Å²) in [6, 6.07) is 0. The number of hydrogen-bond donors (Lipinski definition) is 1. The molecule has 1 N–H and O–H groups in total. The predicted molar refractivity (Wildman–Crippen MR) is 279 cm³/mol. The molecule has 0 fully saturated rings. The molecule has 0 radical (unpaired) electrons. The summed E-state index contributed by atoms with van der Waals surface area (Å²) < 4.78 is 34.4. The summed E-state index contributed by atoms with van der Waals surface area (Å²) >= 11 is 0. The van der Waals surface area contributed by atoms with Gasteiger partial charge in [0.15, 0.2) is 6.10 Å². The van der Waals surface area contributed by atoms with Gasteiger partial charge in [0.1, 0.15) is 19.8 Å². The van der Waals surface area contributed by atoms with Gasteiger partial charge in [-0.25, -0.2) is 4.57 Å². The van der Waals surface area contributed by atoms with Crippen LogP contribution in [0.3, 0.4) is 0 Å². The summed E-state index contributed by atoms with van der Waals surface area (Å²) in [4.78, 5) is 35.6. The van der Waals surface area contributed by atoms with Gasteiger partial charge in [-0.1, -0.05) is 174 Å². The maximum absolute atomic E-state index is 12.8. The zero-order valence-corrected chi connectivity index (χ0v) is 43.0. The first-order valence-corrected chi connectivity index (χ1v) is 26.8. The quantitative estimate of drug-likeness (QED) is 0.0212. The lowest BCUT2D eigenvalue weighted by molar-refractivity contribution is -0.870. The smallest absolute Gasteiger partial charge is 0.462 e. The maximum Gasteiger partial charge on any atom is 0.472 e. The highest BCUT2D eigenvalue weighted by Crippen LogP contribution is 2.43. The lowest BCUT2D eigenvalue weighted by atomic mass is 10.1. The number of nitrogens with zero attached hydrogens (tertiary/aromatic N) is 1. The molecular weight excluding hydrogens is 846 g/mol. The Labute approximate surface area is 403 Å². The summed E-state index contributed by atoms with van der Waals surface area (Å²) in [7, 11) is 1.43. The molecule has 0 saturated carbocycles. The number of hydrogen-bond acceptors (Lipinski definition) is 7. The van der Waals surface area contributed by atoms with Crippen molar-refractivity contribution in [2.75, 3.05) is 47.5 Å². The molecule has 2 atom stereocenters. The normalized spacial score (nSPS) is 14.5. The van der Waals surface area contributed by atoms with Gasteiger partial charge < -0.3 is 18.9 Å². The van der Waals surface area contributed by atoms with Crippen LogP contribution in [0.1, 0.15) is 168 Å². The minimum absolute atomic E-state index is 0.0163. The number of carbonyl (C=O) groups excluding carboxylic acids is 2. The van der Waals surface area contributed by atoms with Crippen LogP contribution in [0.5, 0.6) is 0 Å². The van der Waals surface area contributed by atoms with Crippen LogP contribution >= 0.6 is 7.82 Å². The fraction of sp³-hybridized carbons (Fsp3) is 0.607. The van der Waals surface area contributed by atoms with E-state index in [1.54, 1.807) is 0 Å². The lowest BCUT2D eigenvalue weighted by Gasteiger charge is -2.24. The Balaban J connectivity index is 4.39. The Hall–Kier alpha value is -3.59. The first kappa shape index (κ1) is 62.4. The average molecular weight is 939 g/mol. The molecule has 0 amide bonds. The van der Waals surface area contributed by atoms with E-state index < -0.39 is 32.5 Å². The summed E-state index contributed by atoms with van der Waals surface area (Å²) in [6.45, 7) is 4.13. The van der Waals surface area contributed by atoms with E-state index in [0.717, 1.165) is 128 Å². The van der Waals surface area contributed by atoms with Crippen molar-refractivity contribution in [1.82, 2.24) is 0 Å². The number of esters is 2. The first-order valence-electron chi connectivity index (χ1n) is 25.3. The molecule has 0 aromatic rings. The van der Waals surface area contributed by atoms with Gasteiger partial charge in [0.25, 0.3) is 0 Å². The Morgan fingerprint density at radius 1 is 0.470 bits per heavy atom. The van der Waals surface area contributed by atoms with Gasteiger partial charge in [0.2, 0.25) is 0 Å². The standard InChI is InChI=1S/C56H92NO8P/c1-6-8-10-12-14-16-18-20-22-24-26-28-30-32-34-36-38-40-42-44-46-48-55(58)62-52-54(53-64-66(60,61)63-51-50-57(3,4)5)65-56(59)49-47-45-43-41-39-37-35-33-31-29-27-25-23-21-19-17-15-13-11-9-7-2/h8-11,14-17,20-23,26-29,32-35,54H,6-7,12-13,18-19,24-25,30-31,36-53H2,1-5H3/p+1/b10-8-,11-9-,16-14-,17-15-,22-20-,23-21-,28-26-,29-27-,34-32-,35-33-. The molecule has 9 nitrogen and oxygen atoms in total. The highest BCUT2D eigenvalue weighted by molar-refractivity contribution is 7.47. The average Bonchev–Trinajstić information content (AvgIpc) is 3.27. The van der Waals surface area contributed by atoms with E-state index >= 15 is 0 Å². The van der Waals surface area contributed by atoms with E-state index in [1.807, 2.05) is 21.1 Å². The van der Waals surface area contributed by atoms with Crippen LogP contribution in [0.4, 0.5) is 0 Å². The molecule has 0 rings (SSSR count). The van der Waals surface area contributed by atoms with Crippen LogP contribution in [-0.4, -0.2) is 74.9 Å².